The average Bonchev–Trinajstić information content (AvgIpc) is 2.85. The Labute approximate surface area is 129 Å². The van der Waals surface area contributed by atoms with Gasteiger partial charge in [-0.3, -0.25) is 0 Å². The first-order valence-electron chi connectivity index (χ1n) is 7.26. The van der Waals surface area contributed by atoms with Gasteiger partial charge in [-0.2, -0.15) is 10.4 Å². The van der Waals surface area contributed by atoms with Gasteiger partial charge in [-0.25, -0.2) is 14.6 Å². The minimum absolute atomic E-state index is 0.0472. The first-order valence-corrected chi connectivity index (χ1v) is 7.26. The summed E-state index contributed by atoms with van der Waals surface area (Å²) in [4.78, 5) is 10.8. The van der Waals surface area contributed by atoms with E-state index in [1.165, 1.54) is 0 Å². The summed E-state index contributed by atoms with van der Waals surface area (Å²) in [6, 6.07) is 5.75. The van der Waals surface area contributed by atoms with Gasteiger partial charge in [0.1, 0.15) is 23.5 Å². The number of nitriles is 1. The number of anilines is 1. The maximum atomic E-state index is 8.83. The van der Waals surface area contributed by atoms with Crippen LogP contribution in [0.2, 0.25) is 0 Å². The van der Waals surface area contributed by atoms with E-state index in [2.05, 4.69) is 26.0 Å². The van der Waals surface area contributed by atoms with E-state index in [9.17, 15) is 0 Å². The van der Waals surface area contributed by atoms with Crippen molar-refractivity contribution in [2.75, 3.05) is 24.6 Å². The molecule has 7 heteroatoms. The van der Waals surface area contributed by atoms with Crippen molar-refractivity contribution in [1.82, 2.24) is 19.7 Å². The van der Waals surface area contributed by atoms with Crippen LogP contribution in [-0.2, 0) is 11.3 Å². The maximum Gasteiger partial charge on any atom is 0.147 e. The predicted octanol–water partition coefficient (Wildman–Crippen LogP) is 1.07. The summed E-state index contributed by atoms with van der Waals surface area (Å²) in [6.07, 6.45) is 1.65. The summed E-state index contributed by atoms with van der Waals surface area (Å²) in [5.74, 6) is 2.55. The van der Waals surface area contributed by atoms with E-state index in [0.29, 0.717) is 18.7 Å². The topological polar surface area (TPSA) is 79.9 Å². The van der Waals surface area contributed by atoms with Gasteiger partial charge in [-0.15, -0.1) is 0 Å². The smallest absolute Gasteiger partial charge is 0.147 e. The third-order valence-corrected chi connectivity index (χ3v) is 3.68. The van der Waals surface area contributed by atoms with E-state index in [1.807, 2.05) is 24.6 Å². The molecule has 0 bridgehead atoms. The molecule has 0 aromatic carbocycles. The fourth-order valence-electron chi connectivity index (χ4n) is 2.60. The molecule has 22 heavy (non-hydrogen) atoms. The van der Waals surface area contributed by atoms with E-state index < -0.39 is 0 Å². The van der Waals surface area contributed by atoms with Crippen LogP contribution in [0.3, 0.4) is 0 Å². The third-order valence-electron chi connectivity index (χ3n) is 3.68. The lowest BCUT2D eigenvalue weighted by atomic mass is 10.2. The molecule has 1 atom stereocenters. The molecule has 114 valence electrons. The molecule has 2 aromatic heterocycles. The first-order chi connectivity index (χ1) is 10.7. The number of hydrogen-bond acceptors (Lipinski definition) is 6. The highest BCUT2D eigenvalue weighted by atomic mass is 16.5. The Balaban J connectivity index is 1.68. The summed E-state index contributed by atoms with van der Waals surface area (Å²) in [5, 5.41) is 13.2. The highest BCUT2D eigenvalue weighted by Gasteiger charge is 2.23. The van der Waals surface area contributed by atoms with E-state index in [-0.39, 0.29) is 6.10 Å². The van der Waals surface area contributed by atoms with Crippen molar-refractivity contribution in [2.45, 2.75) is 26.5 Å². The second-order valence-corrected chi connectivity index (χ2v) is 5.34. The molecule has 3 rings (SSSR count). The SMILES string of the molecule is Cc1nc(C)n(C[C@@H]2CN(c3ccc(C#N)cn3)CCO2)n1. The molecule has 2 aromatic rings. The minimum atomic E-state index is 0.0472. The molecule has 1 aliphatic rings. The molecule has 0 aliphatic carbocycles. The lowest BCUT2D eigenvalue weighted by Crippen LogP contribution is -2.44. The highest BCUT2D eigenvalue weighted by molar-refractivity contribution is 5.42. The van der Waals surface area contributed by atoms with Crippen molar-refractivity contribution in [3.63, 3.8) is 0 Å². The number of pyridine rings is 1. The van der Waals surface area contributed by atoms with Crippen LogP contribution in [-0.4, -0.2) is 45.5 Å². The number of ether oxygens (including phenoxy) is 1. The van der Waals surface area contributed by atoms with E-state index in [4.69, 9.17) is 10.00 Å². The molecule has 0 N–H and O–H groups in total. The largest absolute Gasteiger partial charge is 0.373 e. The summed E-state index contributed by atoms with van der Waals surface area (Å²) in [6.45, 7) is 6.71. The molecule has 1 saturated heterocycles. The molecule has 0 amide bonds. The molecular weight excluding hydrogens is 280 g/mol. The second-order valence-electron chi connectivity index (χ2n) is 5.34. The Morgan fingerprint density at radius 2 is 2.27 bits per heavy atom. The van der Waals surface area contributed by atoms with Gasteiger partial charge >= 0.3 is 0 Å². The zero-order valence-corrected chi connectivity index (χ0v) is 12.7. The van der Waals surface area contributed by atoms with E-state index >= 15 is 0 Å². The third kappa shape index (κ3) is 3.07. The van der Waals surface area contributed by atoms with Crippen molar-refractivity contribution >= 4 is 5.82 Å². The Morgan fingerprint density at radius 1 is 1.41 bits per heavy atom. The van der Waals surface area contributed by atoms with Gasteiger partial charge in [-0.1, -0.05) is 0 Å². The first kappa shape index (κ1) is 14.5. The number of nitrogens with zero attached hydrogens (tertiary/aromatic N) is 6. The van der Waals surface area contributed by atoms with Crippen molar-refractivity contribution in [2.24, 2.45) is 0 Å². The van der Waals surface area contributed by atoms with E-state index in [1.54, 1.807) is 12.3 Å². The zero-order valence-electron chi connectivity index (χ0n) is 12.7. The van der Waals surface area contributed by atoms with Crippen LogP contribution in [0, 0.1) is 25.2 Å². The summed E-state index contributed by atoms with van der Waals surface area (Å²) < 4.78 is 7.72. The van der Waals surface area contributed by atoms with Crippen LogP contribution in [0.1, 0.15) is 17.2 Å². The van der Waals surface area contributed by atoms with Crippen LogP contribution < -0.4 is 4.90 Å². The van der Waals surface area contributed by atoms with Crippen LogP contribution in [0.4, 0.5) is 5.82 Å². The number of morpholine rings is 1. The summed E-state index contributed by atoms with van der Waals surface area (Å²) >= 11 is 0. The quantitative estimate of drug-likeness (QED) is 0.843. The summed E-state index contributed by atoms with van der Waals surface area (Å²) in [5.41, 5.74) is 0.572. The molecule has 3 heterocycles. The van der Waals surface area contributed by atoms with Gasteiger partial charge < -0.3 is 9.64 Å². The van der Waals surface area contributed by atoms with Gasteiger partial charge in [0.2, 0.25) is 0 Å². The molecule has 0 spiro atoms. The second kappa shape index (κ2) is 6.12. The average molecular weight is 298 g/mol. The highest BCUT2D eigenvalue weighted by Crippen LogP contribution is 2.16. The summed E-state index contributed by atoms with van der Waals surface area (Å²) in [7, 11) is 0. The molecule has 0 radical (unpaired) electrons. The fraction of sp³-hybridized carbons (Fsp3) is 0.467. The van der Waals surface area contributed by atoms with Crippen molar-refractivity contribution in [1.29, 1.82) is 5.26 Å². The number of rotatable bonds is 3. The maximum absolute atomic E-state index is 8.83. The number of hydrogen-bond donors (Lipinski definition) is 0. The monoisotopic (exact) mass is 298 g/mol. The van der Waals surface area contributed by atoms with E-state index in [0.717, 1.165) is 30.6 Å². The predicted molar refractivity (Wildman–Crippen MR) is 80.4 cm³/mol. The van der Waals surface area contributed by atoms with Gasteiger partial charge in [0, 0.05) is 19.3 Å². The Hall–Kier alpha value is -2.46. The van der Waals surface area contributed by atoms with Crippen LogP contribution in [0.5, 0.6) is 0 Å². The fourth-order valence-corrected chi connectivity index (χ4v) is 2.60. The number of aryl methyl sites for hydroxylation is 2. The molecule has 1 fully saturated rings. The Morgan fingerprint density at radius 3 is 2.91 bits per heavy atom. The number of aromatic nitrogens is 4. The van der Waals surface area contributed by atoms with Crippen LogP contribution in [0.15, 0.2) is 18.3 Å². The molecule has 7 nitrogen and oxygen atoms in total. The Bertz CT molecular complexity index is 687. The van der Waals surface area contributed by atoms with Crippen molar-refractivity contribution in [3.05, 3.63) is 35.5 Å². The van der Waals surface area contributed by atoms with Gasteiger partial charge in [0.25, 0.3) is 0 Å². The van der Waals surface area contributed by atoms with Crippen LogP contribution in [0.25, 0.3) is 0 Å². The van der Waals surface area contributed by atoms with Gasteiger partial charge in [-0.05, 0) is 26.0 Å². The van der Waals surface area contributed by atoms with Crippen molar-refractivity contribution < 1.29 is 4.74 Å². The van der Waals surface area contributed by atoms with Crippen LogP contribution >= 0.6 is 0 Å². The lowest BCUT2D eigenvalue weighted by molar-refractivity contribution is 0.0267. The molecule has 1 aliphatic heterocycles. The lowest BCUT2D eigenvalue weighted by Gasteiger charge is -2.33. The normalized spacial score (nSPS) is 18.2. The molecule has 0 unspecified atom stereocenters. The zero-order chi connectivity index (χ0) is 15.5. The molecule has 0 saturated carbocycles. The van der Waals surface area contributed by atoms with Gasteiger partial charge in [0.05, 0.1) is 24.8 Å². The molecular formula is C15H18N6O. The standard InChI is InChI=1S/C15H18N6O/c1-11-18-12(2)21(19-11)10-14-9-20(5-6-22-14)15-4-3-13(7-16)8-17-15/h3-4,8,14H,5-6,9-10H2,1-2H3/t14-/m0/s1. The minimum Gasteiger partial charge on any atom is -0.373 e. The van der Waals surface area contributed by atoms with Crippen molar-refractivity contribution in [3.8, 4) is 6.07 Å². The Kier molecular flexibility index (Phi) is 4.02. The van der Waals surface area contributed by atoms with Gasteiger partial charge in [0.15, 0.2) is 0 Å².